The Kier molecular flexibility index (Phi) is 6.82. The van der Waals surface area contributed by atoms with Gasteiger partial charge in [0.05, 0.1) is 6.54 Å². The van der Waals surface area contributed by atoms with Gasteiger partial charge in [-0.3, -0.25) is 14.5 Å². The zero-order valence-electron chi connectivity index (χ0n) is 15.3. The fourth-order valence-electron chi connectivity index (χ4n) is 3.32. The first-order valence-electron chi connectivity index (χ1n) is 8.88. The van der Waals surface area contributed by atoms with Gasteiger partial charge in [0.15, 0.2) is 6.10 Å². The van der Waals surface area contributed by atoms with Crippen molar-refractivity contribution in [1.29, 1.82) is 0 Å². The summed E-state index contributed by atoms with van der Waals surface area (Å²) in [4.78, 5) is 27.3. The van der Waals surface area contributed by atoms with Crippen molar-refractivity contribution in [3.63, 3.8) is 0 Å². The van der Waals surface area contributed by atoms with Gasteiger partial charge in [-0.25, -0.2) is 0 Å². The van der Waals surface area contributed by atoms with Crippen LogP contribution < -0.4 is 4.74 Å². The topological polar surface area (TPSA) is 70.1 Å². The molecule has 0 radical (unpaired) electrons. The van der Waals surface area contributed by atoms with Gasteiger partial charge in [-0.15, -0.1) is 0 Å². The summed E-state index contributed by atoms with van der Waals surface area (Å²) in [5, 5.41) is 9.00. The van der Waals surface area contributed by atoms with E-state index >= 15 is 0 Å². The molecule has 1 unspecified atom stereocenters. The van der Waals surface area contributed by atoms with Crippen molar-refractivity contribution in [2.75, 3.05) is 26.2 Å². The Labute approximate surface area is 149 Å². The highest BCUT2D eigenvalue weighted by atomic mass is 16.5. The Bertz CT molecular complexity index is 597. The number of ether oxygens (including phenoxy) is 1. The van der Waals surface area contributed by atoms with Gasteiger partial charge in [-0.1, -0.05) is 19.1 Å². The minimum atomic E-state index is -0.805. The molecule has 2 rings (SSSR count). The SMILES string of the molecule is CCN(CC(=O)O)C1CCN(C(=O)C(C)Oc2cccc(C)c2)CC1. The molecule has 0 aliphatic carbocycles. The fraction of sp³-hybridized carbons (Fsp3) is 0.579. The number of benzene rings is 1. The van der Waals surface area contributed by atoms with Gasteiger partial charge in [0.2, 0.25) is 0 Å². The van der Waals surface area contributed by atoms with Crippen LogP contribution >= 0.6 is 0 Å². The number of aryl methyl sites for hydroxylation is 1. The zero-order valence-corrected chi connectivity index (χ0v) is 15.3. The number of likely N-dealkylation sites (N-methyl/N-ethyl adjacent to an activating group) is 1. The summed E-state index contributed by atoms with van der Waals surface area (Å²) in [6.07, 6.45) is 1.06. The largest absolute Gasteiger partial charge is 0.481 e. The third-order valence-corrected chi connectivity index (χ3v) is 4.69. The van der Waals surface area contributed by atoms with Crippen LogP contribution in [0.4, 0.5) is 0 Å². The predicted octanol–water partition coefficient (Wildman–Crippen LogP) is 2.16. The van der Waals surface area contributed by atoms with Crippen molar-refractivity contribution in [3.05, 3.63) is 29.8 Å². The van der Waals surface area contributed by atoms with E-state index in [1.165, 1.54) is 0 Å². The van der Waals surface area contributed by atoms with Gasteiger partial charge in [0, 0.05) is 19.1 Å². The second-order valence-electron chi connectivity index (χ2n) is 6.59. The zero-order chi connectivity index (χ0) is 18.4. The maximum absolute atomic E-state index is 12.6. The molecule has 1 amide bonds. The molecule has 1 aliphatic heterocycles. The van der Waals surface area contributed by atoms with E-state index in [1.807, 2.05) is 47.9 Å². The minimum absolute atomic E-state index is 0.0127. The minimum Gasteiger partial charge on any atom is -0.481 e. The van der Waals surface area contributed by atoms with Crippen LogP contribution in [0.2, 0.25) is 0 Å². The lowest BCUT2D eigenvalue weighted by atomic mass is 10.0. The molecular weight excluding hydrogens is 320 g/mol. The second kappa shape index (κ2) is 8.85. The number of carboxylic acids is 1. The van der Waals surface area contributed by atoms with Crippen molar-refractivity contribution in [2.24, 2.45) is 0 Å². The molecule has 0 spiro atoms. The Morgan fingerprint density at radius 2 is 2.04 bits per heavy atom. The molecule has 0 bridgehead atoms. The van der Waals surface area contributed by atoms with Crippen molar-refractivity contribution in [3.8, 4) is 5.75 Å². The standard InChI is InChI=1S/C19H28N2O4/c1-4-20(13-18(22)23)16-8-10-21(11-9-16)19(24)15(3)25-17-7-5-6-14(2)12-17/h5-7,12,15-16H,4,8-11,13H2,1-3H3,(H,22,23). The van der Waals surface area contributed by atoms with E-state index in [0.29, 0.717) is 25.4 Å². The fourth-order valence-corrected chi connectivity index (χ4v) is 3.32. The summed E-state index contributed by atoms with van der Waals surface area (Å²) in [6.45, 7) is 7.78. The number of carboxylic acid groups (broad SMARTS) is 1. The van der Waals surface area contributed by atoms with Crippen molar-refractivity contribution in [1.82, 2.24) is 9.80 Å². The van der Waals surface area contributed by atoms with E-state index in [9.17, 15) is 9.59 Å². The molecule has 6 heteroatoms. The van der Waals surface area contributed by atoms with E-state index in [2.05, 4.69) is 0 Å². The van der Waals surface area contributed by atoms with Crippen molar-refractivity contribution >= 4 is 11.9 Å². The van der Waals surface area contributed by atoms with Crippen molar-refractivity contribution in [2.45, 2.75) is 45.8 Å². The third-order valence-electron chi connectivity index (χ3n) is 4.69. The lowest BCUT2D eigenvalue weighted by molar-refractivity contribution is -0.142. The molecule has 1 aromatic carbocycles. The number of hydrogen-bond donors (Lipinski definition) is 1. The first-order valence-corrected chi connectivity index (χ1v) is 8.88. The highest BCUT2D eigenvalue weighted by Crippen LogP contribution is 2.19. The number of likely N-dealkylation sites (tertiary alicyclic amines) is 1. The van der Waals surface area contributed by atoms with E-state index in [0.717, 1.165) is 18.4 Å². The number of piperidine rings is 1. The smallest absolute Gasteiger partial charge is 0.317 e. The Morgan fingerprint density at radius 1 is 1.36 bits per heavy atom. The molecule has 25 heavy (non-hydrogen) atoms. The van der Waals surface area contributed by atoms with E-state index in [-0.39, 0.29) is 18.5 Å². The number of carbonyl (C=O) groups excluding carboxylic acids is 1. The van der Waals surface area contributed by atoms with Crippen LogP contribution in [0.5, 0.6) is 5.75 Å². The molecule has 138 valence electrons. The molecule has 1 saturated heterocycles. The van der Waals surface area contributed by atoms with Crippen LogP contribution in [0.15, 0.2) is 24.3 Å². The monoisotopic (exact) mass is 348 g/mol. The predicted molar refractivity (Wildman–Crippen MR) is 95.8 cm³/mol. The van der Waals surface area contributed by atoms with Crippen LogP contribution in [0.1, 0.15) is 32.3 Å². The first-order chi connectivity index (χ1) is 11.9. The number of nitrogens with zero attached hydrogens (tertiary/aromatic N) is 2. The first kappa shape index (κ1) is 19.2. The molecule has 6 nitrogen and oxygen atoms in total. The van der Waals surface area contributed by atoms with Crippen molar-refractivity contribution < 1.29 is 19.4 Å². The molecule has 1 fully saturated rings. The molecule has 1 atom stereocenters. The Balaban J connectivity index is 1.86. The molecule has 1 heterocycles. The average molecular weight is 348 g/mol. The summed E-state index contributed by atoms with van der Waals surface area (Å²) >= 11 is 0. The molecule has 0 saturated carbocycles. The van der Waals surface area contributed by atoms with Crippen LogP contribution in [-0.2, 0) is 9.59 Å². The van der Waals surface area contributed by atoms with Gasteiger partial charge in [0.1, 0.15) is 5.75 Å². The van der Waals surface area contributed by atoms with Gasteiger partial charge < -0.3 is 14.7 Å². The van der Waals surface area contributed by atoms with Crippen LogP contribution in [0.3, 0.4) is 0 Å². The molecular formula is C19H28N2O4. The number of aliphatic carboxylic acids is 1. The molecule has 0 aromatic heterocycles. The summed E-state index contributed by atoms with van der Waals surface area (Å²) in [7, 11) is 0. The van der Waals surface area contributed by atoms with Gasteiger partial charge >= 0.3 is 5.97 Å². The number of amides is 1. The lowest BCUT2D eigenvalue weighted by Crippen LogP contribution is -2.50. The summed E-state index contributed by atoms with van der Waals surface area (Å²) in [5.41, 5.74) is 1.09. The molecule has 1 N–H and O–H groups in total. The summed E-state index contributed by atoms with van der Waals surface area (Å²) in [6, 6.07) is 7.89. The second-order valence-corrected chi connectivity index (χ2v) is 6.59. The normalized spacial score (nSPS) is 16.7. The van der Waals surface area contributed by atoms with Gasteiger partial charge in [-0.2, -0.15) is 0 Å². The van der Waals surface area contributed by atoms with Gasteiger partial charge in [0.25, 0.3) is 5.91 Å². The summed E-state index contributed by atoms with van der Waals surface area (Å²) in [5.74, 6) is -0.115. The summed E-state index contributed by atoms with van der Waals surface area (Å²) < 4.78 is 5.78. The van der Waals surface area contributed by atoms with Crippen LogP contribution in [-0.4, -0.2) is 65.1 Å². The maximum atomic E-state index is 12.6. The quantitative estimate of drug-likeness (QED) is 0.818. The van der Waals surface area contributed by atoms with E-state index in [4.69, 9.17) is 9.84 Å². The van der Waals surface area contributed by atoms with Crippen LogP contribution in [0.25, 0.3) is 0 Å². The highest BCUT2D eigenvalue weighted by molar-refractivity contribution is 5.81. The number of hydrogen-bond acceptors (Lipinski definition) is 4. The lowest BCUT2D eigenvalue weighted by Gasteiger charge is -2.38. The number of carbonyl (C=O) groups is 2. The average Bonchev–Trinajstić information content (AvgIpc) is 2.59. The number of rotatable bonds is 7. The van der Waals surface area contributed by atoms with E-state index < -0.39 is 12.1 Å². The van der Waals surface area contributed by atoms with E-state index in [1.54, 1.807) is 6.92 Å². The highest BCUT2D eigenvalue weighted by Gasteiger charge is 2.29. The van der Waals surface area contributed by atoms with Crippen LogP contribution in [0, 0.1) is 6.92 Å². The third kappa shape index (κ3) is 5.46. The molecule has 1 aliphatic rings. The Hall–Kier alpha value is -2.08. The van der Waals surface area contributed by atoms with Gasteiger partial charge in [-0.05, 0) is 50.9 Å². The Morgan fingerprint density at radius 3 is 2.60 bits per heavy atom. The molecule has 1 aromatic rings. The maximum Gasteiger partial charge on any atom is 0.317 e.